The maximum Gasteiger partial charge on any atom is 0.215 e. The van der Waals surface area contributed by atoms with Gasteiger partial charge in [-0.3, -0.25) is 16.0 Å². The van der Waals surface area contributed by atoms with Crippen LogP contribution in [0.4, 0.5) is 11.5 Å². The summed E-state index contributed by atoms with van der Waals surface area (Å²) in [7, 11) is 0. The standard InChI is InChI=1S/C10H11N5S/c1-7-9(11-10(16)15-12-7)14-13-8-5-3-2-4-6-8/h2-6,13H,1H3,(H2,11,14,15,16). The highest BCUT2D eigenvalue weighted by Gasteiger charge is 1.99. The molecule has 0 aliphatic rings. The van der Waals surface area contributed by atoms with Crippen molar-refractivity contribution < 1.29 is 0 Å². The summed E-state index contributed by atoms with van der Waals surface area (Å²) in [5, 5.41) is 6.62. The molecule has 0 radical (unpaired) electrons. The van der Waals surface area contributed by atoms with Gasteiger partial charge in [-0.15, -0.1) is 0 Å². The van der Waals surface area contributed by atoms with Crippen molar-refractivity contribution in [2.24, 2.45) is 0 Å². The predicted molar refractivity (Wildman–Crippen MR) is 65.6 cm³/mol. The van der Waals surface area contributed by atoms with E-state index in [-0.39, 0.29) is 0 Å². The van der Waals surface area contributed by atoms with Crippen LogP contribution in [0.1, 0.15) is 5.69 Å². The number of benzene rings is 1. The van der Waals surface area contributed by atoms with Gasteiger partial charge in [0, 0.05) is 0 Å². The molecule has 0 unspecified atom stereocenters. The van der Waals surface area contributed by atoms with E-state index in [4.69, 9.17) is 12.2 Å². The van der Waals surface area contributed by atoms with Gasteiger partial charge in [-0.25, -0.2) is 0 Å². The largest absolute Gasteiger partial charge is 0.300 e. The van der Waals surface area contributed by atoms with Crippen LogP contribution in [0.15, 0.2) is 30.3 Å². The highest BCUT2D eigenvalue weighted by atomic mass is 32.1. The Morgan fingerprint density at radius 2 is 1.94 bits per heavy atom. The first-order chi connectivity index (χ1) is 7.75. The molecule has 0 aliphatic heterocycles. The summed E-state index contributed by atoms with van der Waals surface area (Å²) in [5.74, 6) is 0.618. The van der Waals surface area contributed by atoms with Gasteiger partial charge in [-0.05, 0) is 31.3 Å². The van der Waals surface area contributed by atoms with Crippen molar-refractivity contribution >= 4 is 23.7 Å². The molecule has 0 saturated heterocycles. The Labute approximate surface area is 97.9 Å². The molecule has 1 aromatic heterocycles. The highest BCUT2D eigenvalue weighted by Crippen LogP contribution is 2.08. The van der Waals surface area contributed by atoms with Crippen LogP contribution in [0, 0.1) is 11.7 Å². The fourth-order valence-corrected chi connectivity index (χ4v) is 1.30. The van der Waals surface area contributed by atoms with E-state index in [0.29, 0.717) is 10.6 Å². The van der Waals surface area contributed by atoms with Gasteiger partial charge >= 0.3 is 0 Å². The predicted octanol–water partition coefficient (Wildman–Crippen LogP) is 2.28. The van der Waals surface area contributed by atoms with Gasteiger partial charge in [0.15, 0.2) is 5.82 Å². The average Bonchev–Trinajstić information content (AvgIpc) is 2.32. The molecule has 3 N–H and O–H groups in total. The zero-order chi connectivity index (χ0) is 11.4. The van der Waals surface area contributed by atoms with Gasteiger partial charge in [0.05, 0.1) is 5.69 Å². The van der Waals surface area contributed by atoms with E-state index in [9.17, 15) is 0 Å². The third-order valence-electron chi connectivity index (χ3n) is 1.97. The molecular weight excluding hydrogens is 222 g/mol. The van der Waals surface area contributed by atoms with E-state index in [2.05, 4.69) is 26.0 Å². The molecule has 0 fully saturated rings. The summed E-state index contributed by atoms with van der Waals surface area (Å²) in [6.45, 7) is 1.84. The third-order valence-corrected chi connectivity index (χ3v) is 2.16. The maximum atomic E-state index is 4.89. The van der Waals surface area contributed by atoms with E-state index in [1.807, 2.05) is 37.3 Å². The molecule has 82 valence electrons. The Morgan fingerprint density at radius 3 is 2.69 bits per heavy atom. The Balaban J connectivity index is 2.10. The lowest BCUT2D eigenvalue weighted by molar-refractivity contribution is 0.910. The van der Waals surface area contributed by atoms with Crippen molar-refractivity contribution in [3.63, 3.8) is 0 Å². The maximum absolute atomic E-state index is 4.89. The fourth-order valence-electron chi connectivity index (χ4n) is 1.16. The number of anilines is 2. The molecule has 0 aliphatic carbocycles. The number of aryl methyl sites for hydroxylation is 1. The first kappa shape index (κ1) is 10.6. The lowest BCUT2D eigenvalue weighted by atomic mass is 10.3. The van der Waals surface area contributed by atoms with Crippen LogP contribution in [0.2, 0.25) is 0 Å². The van der Waals surface area contributed by atoms with Crippen LogP contribution < -0.4 is 10.9 Å². The molecule has 2 rings (SSSR count). The molecule has 1 heterocycles. The molecule has 0 bridgehead atoms. The van der Waals surface area contributed by atoms with Crippen LogP contribution in [0.5, 0.6) is 0 Å². The van der Waals surface area contributed by atoms with Crippen molar-refractivity contribution in [1.29, 1.82) is 0 Å². The molecule has 5 nitrogen and oxygen atoms in total. The number of hydrogen-bond acceptors (Lipinski definition) is 5. The number of H-pyrrole nitrogens is 1. The second-order valence-corrected chi connectivity index (χ2v) is 3.58. The number of aromatic amines is 1. The zero-order valence-electron chi connectivity index (χ0n) is 8.69. The Hall–Kier alpha value is -1.95. The molecule has 6 heteroatoms. The molecule has 0 spiro atoms. The first-order valence-corrected chi connectivity index (χ1v) is 5.17. The van der Waals surface area contributed by atoms with Crippen LogP contribution in [0.25, 0.3) is 0 Å². The van der Waals surface area contributed by atoms with Gasteiger partial charge in [0.25, 0.3) is 0 Å². The quantitative estimate of drug-likeness (QED) is 0.560. The molecule has 2 aromatic rings. The van der Waals surface area contributed by atoms with Crippen LogP contribution >= 0.6 is 12.2 Å². The van der Waals surface area contributed by atoms with E-state index in [1.54, 1.807) is 0 Å². The minimum atomic E-state index is 0.350. The van der Waals surface area contributed by atoms with Crippen LogP contribution in [-0.4, -0.2) is 15.2 Å². The Morgan fingerprint density at radius 1 is 1.19 bits per heavy atom. The second-order valence-electron chi connectivity index (χ2n) is 3.19. The van der Waals surface area contributed by atoms with Crippen LogP contribution in [0.3, 0.4) is 0 Å². The number of rotatable bonds is 3. The van der Waals surface area contributed by atoms with Gasteiger partial charge in [-0.2, -0.15) is 10.1 Å². The Kier molecular flexibility index (Phi) is 3.11. The van der Waals surface area contributed by atoms with E-state index in [0.717, 1.165) is 11.4 Å². The molecule has 0 saturated carbocycles. The molecule has 16 heavy (non-hydrogen) atoms. The zero-order valence-corrected chi connectivity index (χ0v) is 9.51. The molecular formula is C10H11N5S. The SMILES string of the molecule is Cc1n[nH]c(=S)nc1NNc1ccccc1. The molecule has 0 amide bonds. The van der Waals surface area contributed by atoms with Gasteiger partial charge < -0.3 is 0 Å². The van der Waals surface area contributed by atoms with Crippen LogP contribution in [-0.2, 0) is 0 Å². The lowest BCUT2D eigenvalue weighted by Crippen LogP contribution is -2.12. The number of para-hydroxylation sites is 1. The van der Waals surface area contributed by atoms with Crippen molar-refractivity contribution in [2.75, 3.05) is 10.9 Å². The minimum Gasteiger partial charge on any atom is -0.300 e. The highest BCUT2D eigenvalue weighted by molar-refractivity contribution is 7.71. The second kappa shape index (κ2) is 4.71. The van der Waals surface area contributed by atoms with Crippen molar-refractivity contribution in [2.45, 2.75) is 6.92 Å². The van der Waals surface area contributed by atoms with E-state index >= 15 is 0 Å². The monoisotopic (exact) mass is 233 g/mol. The molecule has 0 atom stereocenters. The smallest absolute Gasteiger partial charge is 0.215 e. The lowest BCUT2D eigenvalue weighted by Gasteiger charge is -2.09. The Bertz CT molecular complexity index is 522. The van der Waals surface area contributed by atoms with Crippen molar-refractivity contribution in [3.8, 4) is 0 Å². The minimum absolute atomic E-state index is 0.350. The summed E-state index contributed by atoms with van der Waals surface area (Å²) >= 11 is 4.89. The molecule has 1 aromatic carbocycles. The normalized spacial score (nSPS) is 9.81. The van der Waals surface area contributed by atoms with Gasteiger partial charge in [0.2, 0.25) is 4.77 Å². The summed E-state index contributed by atoms with van der Waals surface area (Å²) < 4.78 is 0.350. The number of nitrogens with one attached hydrogen (secondary N) is 3. The van der Waals surface area contributed by atoms with E-state index < -0.39 is 0 Å². The van der Waals surface area contributed by atoms with Crippen molar-refractivity contribution in [1.82, 2.24) is 15.2 Å². The summed E-state index contributed by atoms with van der Waals surface area (Å²) in [6, 6.07) is 9.73. The number of hydrogen-bond donors (Lipinski definition) is 3. The van der Waals surface area contributed by atoms with Gasteiger partial charge in [-0.1, -0.05) is 18.2 Å². The number of aromatic nitrogens is 3. The summed E-state index contributed by atoms with van der Waals surface area (Å²) in [4.78, 5) is 4.11. The summed E-state index contributed by atoms with van der Waals surface area (Å²) in [5.41, 5.74) is 7.67. The fraction of sp³-hybridized carbons (Fsp3) is 0.100. The topological polar surface area (TPSA) is 65.6 Å². The summed E-state index contributed by atoms with van der Waals surface area (Å²) in [6.07, 6.45) is 0. The number of nitrogens with zero attached hydrogens (tertiary/aromatic N) is 2. The average molecular weight is 233 g/mol. The number of hydrazine groups is 1. The van der Waals surface area contributed by atoms with Gasteiger partial charge in [0.1, 0.15) is 5.69 Å². The van der Waals surface area contributed by atoms with Crippen molar-refractivity contribution in [3.05, 3.63) is 40.8 Å². The third kappa shape index (κ3) is 2.54. The van der Waals surface area contributed by atoms with E-state index in [1.165, 1.54) is 0 Å². The first-order valence-electron chi connectivity index (χ1n) is 4.76.